The monoisotopic (exact) mass is 196 g/mol. The Bertz CT molecular complexity index is 247. The fourth-order valence-corrected chi connectivity index (χ4v) is 1.98. The van der Waals surface area contributed by atoms with Gasteiger partial charge in [-0.1, -0.05) is 6.92 Å². The molecular weight excluding hydrogens is 180 g/mol. The summed E-state index contributed by atoms with van der Waals surface area (Å²) >= 11 is 0. The molecule has 0 spiro atoms. The van der Waals surface area contributed by atoms with Gasteiger partial charge in [0.05, 0.1) is 12.0 Å². The third kappa shape index (κ3) is 2.46. The normalized spacial score (nSPS) is 25.3. The van der Waals surface area contributed by atoms with E-state index in [0.29, 0.717) is 13.0 Å². The van der Waals surface area contributed by atoms with Gasteiger partial charge in [0.25, 0.3) is 0 Å². The van der Waals surface area contributed by atoms with E-state index >= 15 is 0 Å². The summed E-state index contributed by atoms with van der Waals surface area (Å²) in [4.78, 5) is 12.8. The molecule has 78 valence electrons. The molecule has 0 aliphatic carbocycles. The van der Waals surface area contributed by atoms with Crippen molar-refractivity contribution in [3.8, 4) is 6.07 Å². The van der Waals surface area contributed by atoms with Gasteiger partial charge < -0.3 is 5.11 Å². The smallest absolute Gasteiger partial charge is 0.320 e. The lowest BCUT2D eigenvalue weighted by Gasteiger charge is -2.33. The molecule has 2 unspecified atom stereocenters. The van der Waals surface area contributed by atoms with E-state index in [-0.39, 0.29) is 5.92 Å². The Morgan fingerprint density at radius 2 is 2.50 bits per heavy atom. The summed E-state index contributed by atoms with van der Waals surface area (Å²) < 4.78 is 0. The zero-order valence-corrected chi connectivity index (χ0v) is 8.44. The fourth-order valence-electron chi connectivity index (χ4n) is 1.98. The number of carboxylic acids is 1. The highest BCUT2D eigenvalue weighted by Crippen LogP contribution is 2.19. The van der Waals surface area contributed by atoms with E-state index < -0.39 is 12.0 Å². The molecule has 0 saturated carbocycles. The molecule has 4 nitrogen and oxygen atoms in total. The Kier molecular flexibility index (Phi) is 3.90. The van der Waals surface area contributed by atoms with Crippen LogP contribution < -0.4 is 0 Å². The molecule has 1 fully saturated rings. The minimum Gasteiger partial charge on any atom is -0.480 e. The molecule has 0 aromatic heterocycles. The average molecular weight is 196 g/mol. The maximum atomic E-state index is 10.9. The minimum atomic E-state index is -0.772. The van der Waals surface area contributed by atoms with Crippen molar-refractivity contribution in [1.82, 2.24) is 4.90 Å². The van der Waals surface area contributed by atoms with Gasteiger partial charge in [0.2, 0.25) is 0 Å². The highest BCUT2D eigenvalue weighted by atomic mass is 16.4. The molecule has 0 radical (unpaired) electrons. The molecule has 0 aromatic carbocycles. The van der Waals surface area contributed by atoms with Crippen molar-refractivity contribution in [2.24, 2.45) is 5.92 Å². The number of hydrogen-bond donors (Lipinski definition) is 1. The minimum absolute atomic E-state index is 0.0112. The number of likely N-dealkylation sites (tertiary alicyclic amines) is 1. The van der Waals surface area contributed by atoms with Gasteiger partial charge >= 0.3 is 5.97 Å². The number of rotatable bonds is 3. The largest absolute Gasteiger partial charge is 0.480 e. The van der Waals surface area contributed by atoms with Crippen LogP contribution in [0.15, 0.2) is 0 Å². The second-order valence-electron chi connectivity index (χ2n) is 3.73. The molecule has 4 heteroatoms. The number of carbonyl (C=O) groups is 1. The quantitative estimate of drug-likeness (QED) is 0.733. The van der Waals surface area contributed by atoms with Crippen molar-refractivity contribution in [2.75, 3.05) is 13.1 Å². The highest BCUT2D eigenvalue weighted by molar-refractivity contribution is 5.73. The van der Waals surface area contributed by atoms with Gasteiger partial charge in [-0.3, -0.25) is 9.69 Å². The van der Waals surface area contributed by atoms with E-state index in [9.17, 15) is 4.79 Å². The van der Waals surface area contributed by atoms with Crippen LogP contribution in [0, 0.1) is 17.2 Å². The van der Waals surface area contributed by atoms with E-state index in [1.165, 1.54) is 0 Å². The van der Waals surface area contributed by atoms with Crippen LogP contribution in [0.25, 0.3) is 0 Å². The lowest BCUT2D eigenvalue weighted by atomic mass is 9.97. The second-order valence-corrected chi connectivity index (χ2v) is 3.73. The molecule has 0 amide bonds. The van der Waals surface area contributed by atoms with Gasteiger partial charge in [-0.15, -0.1) is 0 Å². The lowest BCUT2D eigenvalue weighted by molar-refractivity contribution is -0.144. The Labute approximate surface area is 84.1 Å². The Balaban J connectivity index is 2.58. The fraction of sp³-hybridized carbons (Fsp3) is 0.800. The van der Waals surface area contributed by atoms with Crippen LogP contribution in [0.4, 0.5) is 0 Å². The standard InChI is InChI=1S/C10H16N2O2/c1-2-9(10(13)14)12-5-3-4-8(6-11)7-12/h8-9H,2-5,7H2,1H3,(H,13,14). The zero-order chi connectivity index (χ0) is 10.6. The van der Waals surface area contributed by atoms with Crippen LogP contribution >= 0.6 is 0 Å². The van der Waals surface area contributed by atoms with Crippen LogP contribution in [0.3, 0.4) is 0 Å². The summed E-state index contributed by atoms with van der Waals surface area (Å²) in [5, 5.41) is 17.7. The molecule has 1 saturated heterocycles. The van der Waals surface area contributed by atoms with Crippen molar-refractivity contribution >= 4 is 5.97 Å². The predicted molar refractivity (Wildman–Crippen MR) is 51.6 cm³/mol. The summed E-state index contributed by atoms with van der Waals surface area (Å²) in [7, 11) is 0. The Hall–Kier alpha value is -1.08. The zero-order valence-electron chi connectivity index (χ0n) is 8.44. The van der Waals surface area contributed by atoms with Crippen molar-refractivity contribution < 1.29 is 9.90 Å². The SMILES string of the molecule is CCC(C(=O)O)N1CCCC(C#N)C1. The first-order valence-electron chi connectivity index (χ1n) is 5.05. The average Bonchev–Trinajstić information content (AvgIpc) is 2.19. The van der Waals surface area contributed by atoms with Crippen molar-refractivity contribution in [3.63, 3.8) is 0 Å². The molecule has 1 aliphatic heterocycles. The maximum Gasteiger partial charge on any atom is 0.320 e. The maximum absolute atomic E-state index is 10.9. The van der Waals surface area contributed by atoms with Crippen molar-refractivity contribution in [1.29, 1.82) is 5.26 Å². The van der Waals surface area contributed by atoms with Gasteiger partial charge in [0.15, 0.2) is 0 Å². The third-order valence-corrected chi connectivity index (χ3v) is 2.75. The van der Waals surface area contributed by atoms with Crippen molar-refractivity contribution in [2.45, 2.75) is 32.2 Å². The van der Waals surface area contributed by atoms with Crippen LogP contribution in [0.1, 0.15) is 26.2 Å². The molecule has 14 heavy (non-hydrogen) atoms. The number of hydrogen-bond acceptors (Lipinski definition) is 3. The first kappa shape index (κ1) is 11.0. The third-order valence-electron chi connectivity index (χ3n) is 2.75. The summed E-state index contributed by atoms with van der Waals surface area (Å²) in [5.74, 6) is -0.761. The molecule has 1 aliphatic rings. The van der Waals surface area contributed by atoms with Crippen LogP contribution in [0.5, 0.6) is 0 Å². The number of carboxylic acid groups (broad SMARTS) is 1. The van der Waals surface area contributed by atoms with E-state index in [0.717, 1.165) is 19.4 Å². The van der Waals surface area contributed by atoms with Gasteiger partial charge in [-0.25, -0.2) is 0 Å². The first-order chi connectivity index (χ1) is 6.69. The Morgan fingerprint density at radius 1 is 1.79 bits per heavy atom. The molecule has 1 heterocycles. The molecule has 0 aromatic rings. The summed E-state index contributed by atoms with van der Waals surface area (Å²) in [6.07, 6.45) is 2.44. The van der Waals surface area contributed by atoms with Gasteiger partial charge in [-0.2, -0.15) is 5.26 Å². The number of piperidine rings is 1. The molecule has 1 N–H and O–H groups in total. The number of nitriles is 1. The number of aliphatic carboxylic acids is 1. The van der Waals surface area contributed by atoms with E-state index in [4.69, 9.17) is 10.4 Å². The molecule has 1 rings (SSSR count). The predicted octanol–water partition coefficient (Wildman–Crippen LogP) is 1.09. The highest BCUT2D eigenvalue weighted by Gasteiger charge is 2.28. The van der Waals surface area contributed by atoms with E-state index in [2.05, 4.69) is 6.07 Å². The van der Waals surface area contributed by atoms with Crippen LogP contribution in [-0.2, 0) is 4.79 Å². The summed E-state index contributed by atoms with van der Waals surface area (Å²) in [5.41, 5.74) is 0. The van der Waals surface area contributed by atoms with E-state index in [1.807, 2.05) is 11.8 Å². The second kappa shape index (κ2) is 4.97. The molecular formula is C10H16N2O2. The van der Waals surface area contributed by atoms with Crippen LogP contribution in [0.2, 0.25) is 0 Å². The van der Waals surface area contributed by atoms with Gasteiger partial charge in [0.1, 0.15) is 6.04 Å². The topological polar surface area (TPSA) is 64.3 Å². The van der Waals surface area contributed by atoms with E-state index in [1.54, 1.807) is 0 Å². The van der Waals surface area contributed by atoms with Gasteiger partial charge in [-0.05, 0) is 25.8 Å². The summed E-state index contributed by atoms with van der Waals surface area (Å²) in [6, 6.07) is 1.81. The summed E-state index contributed by atoms with van der Waals surface area (Å²) in [6.45, 7) is 3.29. The van der Waals surface area contributed by atoms with Gasteiger partial charge in [0, 0.05) is 6.54 Å². The molecule has 0 bridgehead atoms. The Morgan fingerprint density at radius 3 is 3.00 bits per heavy atom. The first-order valence-corrected chi connectivity index (χ1v) is 5.05. The number of nitrogens with zero attached hydrogens (tertiary/aromatic N) is 2. The van der Waals surface area contributed by atoms with Crippen molar-refractivity contribution in [3.05, 3.63) is 0 Å². The lowest BCUT2D eigenvalue weighted by Crippen LogP contribution is -2.46. The van der Waals surface area contributed by atoms with Crippen LogP contribution in [-0.4, -0.2) is 35.1 Å². The molecule has 2 atom stereocenters.